The summed E-state index contributed by atoms with van der Waals surface area (Å²) in [5.41, 5.74) is 0.792. The van der Waals surface area contributed by atoms with Gasteiger partial charge in [-0.3, -0.25) is 14.5 Å². The normalized spacial score (nSPS) is 15.7. The Morgan fingerprint density at radius 1 is 1.22 bits per heavy atom. The van der Waals surface area contributed by atoms with E-state index in [1.165, 1.54) is 17.0 Å². The van der Waals surface area contributed by atoms with Gasteiger partial charge in [-0.2, -0.15) is 0 Å². The molecule has 7 heteroatoms. The van der Waals surface area contributed by atoms with E-state index in [0.29, 0.717) is 28.5 Å². The van der Waals surface area contributed by atoms with Crippen LogP contribution in [0.2, 0.25) is 0 Å². The van der Waals surface area contributed by atoms with E-state index in [9.17, 15) is 14.4 Å². The Balaban J connectivity index is 1.77. The third-order valence-corrected chi connectivity index (χ3v) is 5.06. The molecule has 6 nitrogen and oxygen atoms in total. The van der Waals surface area contributed by atoms with Crippen molar-refractivity contribution in [2.75, 3.05) is 6.54 Å². The van der Waals surface area contributed by atoms with Crippen LogP contribution in [0.15, 0.2) is 45.7 Å². The van der Waals surface area contributed by atoms with Crippen molar-refractivity contribution in [3.8, 4) is 11.3 Å². The second-order valence-electron chi connectivity index (χ2n) is 6.13. The monoisotopic (exact) mass is 385 g/mol. The smallest absolute Gasteiger partial charge is 0.335 e. The molecule has 1 aliphatic heterocycles. The van der Waals surface area contributed by atoms with Crippen molar-refractivity contribution in [2.45, 2.75) is 26.2 Å². The predicted octanol–water partition coefficient (Wildman–Crippen LogP) is 4.87. The molecule has 1 N–H and O–H groups in total. The lowest BCUT2D eigenvalue weighted by molar-refractivity contribution is -0.122. The van der Waals surface area contributed by atoms with Crippen LogP contribution in [0, 0.1) is 0 Å². The molecule has 1 aromatic carbocycles. The predicted molar refractivity (Wildman–Crippen MR) is 103 cm³/mol. The number of hydrogen-bond donors (Lipinski definition) is 1. The maximum Gasteiger partial charge on any atom is 0.335 e. The summed E-state index contributed by atoms with van der Waals surface area (Å²) in [4.78, 5) is 37.2. The summed E-state index contributed by atoms with van der Waals surface area (Å²) in [6.45, 7) is 2.50. The second-order valence-corrected chi connectivity index (χ2v) is 7.12. The fraction of sp³-hybridized carbons (Fsp3) is 0.250. The molecule has 2 aromatic rings. The number of imide groups is 1. The number of amides is 2. The minimum atomic E-state index is -1.01. The lowest BCUT2D eigenvalue weighted by atomic mass is 10.1. The van der Waals surface area contributed by atoms with Gasteiger partial charge in [-0.05, 0) is 42.4 Å². The summed E-state index contributed by atoms with van der Waals surface area (Å²) in [5.74, 6) is -0.386. The number of unbranched alkanes of at least 4 members (excludes halogenated alkanes) is 2. The highest BCUT2D eigenvalue weighted by molar-refractivity contribution is 8.18. The molecule has 140 valence electrons. The van der Waals surface area contributed by atoms with Gasteiger partial charge < -0.3 is 9.52 Å². The number of carbonyl (C=O) groups is 3. The number of rotatable bonds is 7. The summed E-state index contributed by atoms with van der Waals surface area (Å²) in [5, 5.41) is 8.83. The zero-order valence-corrected chi connectivity index (χ0v) is 15.6. The number of hydrogen-bond acceptors (Lipinski definition) is 5. The molecule has 0 saturated carbocycles. The van der Waals surface area contributed by atoms with Crippen molar-refractivity contribution in [3.63, 3.8) is 0 Å². The molecule has 0 spiro atoms. The van der Waals surface area contributed by atoms with Crippen LogP contribution in [0.3, 0.4) is 0 Å². The molecule has 2 amide bonds. The standard InChI is InChI=1S/C20H19NO5S/c1-2-3-4-10-21-18(22)17(27-20(21)25)12-15-8-9-16(26-15)13-6-5-7-14(11-13)19(23)24/h5-9,11-12H,2-4,10H2,1H3,(H,23,24)/b17-12-. The van der Waals surface area contributed by atoms with Crippen molar-refractivity contribution in [2.24, 2.45) is 0 Å². The second kappa shape index (κ2) is 8.26. The summed E-state index contributed by atoms with van der Waals surface area (Å²) in [7, 11) is 0. The average Bonchev–Trinajstić information content (AvgIpc) is 3.22. The Morgan fingerprint density at radius 2 is 2.04 bits per heavy atom. The summed E-state index contributed by atoms with van der Waals surface area (Å²) < 4.78 is 5.72. The highest BCUT2D eigenvalue weighted by Gasteiger charge is 2.34. The minimum Gasteiger partial charge on any atom is -0.478 e. The highest BCUT2D eigenvalue weighted by Crippen LogP contribution is 2.33. The average molecular weight is 385 g/mol. The first-order valence-electron chi connectivity index (χ1n) is 8.68. The number of thioether (sulfide) groups is 1. The molecule has 0 aliphatic carbocycles. The molecular weight excluding hydrogens is 366 g/mol. The number of carbonyl (C=O) groups excluding carboxylic acids is 2. The Morgan fingerprint density at radius 3 is 2.78 bits per heavy atom. The summed E-state index contributed by atoms with van der Waals surface area (Å²) in [6, 6.07) is 9.81. The van der Waals surface area contributed by atoms with E-state index in [4.69, 9.17) is 9.52 Å². The van der Waals surface area contributed by atoms with Gasteiger partial charge in [0.05, 0.1) is 10.5 Å². The van der Waals surface area contributed by atoms with Crippen LogP contribution < -0.4 is 0 Å². The Hall–Kier alpha value is -2.80. The van der Waals surface area contributed by atoms with Crippen molar-refractivity contribution >= 4 is 35.0 Å². The zero-order chi connectivity index (χ0) is 19.4. The topological polar surface area (TPSA) is 87.8 Å². The van der Waals surface area contributed by atoms with E-state index in [1.807, 2.05) is 0 Å². The van der Waals surface area contributed by atoms with E-state index in [-0.39, 0.29) is 16.7 Å². The molecule has 1 fully saturated rings. The van der Waals surface area contributed by atoms with E-state index >= 15 is 0 Å². The van der Waals surface area contributed by atoms with Crippen LogP contribution in [0.4, 0.5) is 4.79 Å². The third kappa shape index (κ3) is 4.31. The van der Waals surface area contributed by atoms with E-state index in [0.717, 1.165) is 31.0 Å². The van der Waals surface area contributed by atoms with E-state index < -0.39 is 5.97 Å². The van der Waals surface area contributed by atoms with Gasteiger partial charge in [0.1, 0.15) is 11.5 Å². The molecule has 0 unspecified atom stereocenters. The van der Waals surface area contributed by atoms with Gasteiger partial charge in [0.15, 0.2) is 0 Å². The van der Waals surface area contributed by atoms with Gasteiger partial charge in [0.25, 0.3) is 11.1 Å². The SMILES string of the molecule is CCCCCN1C(=O)S/C(=C\c2ccc(-c3cccc(C(=O)O)c3)o2)C1=O. The molecule has 0 atom stereocenters. The maximum atomic E-state index is 12.4. The minimum absolute atomic E-state index is 0.165. The molecule has 1 aromatic heterocycles. The zero-order valence-electron chi connectivity index (χ0n) is 14.8. The lowest BCUT2D eigenvalue weighted by Crippen LogP contribution is -2.29. The molecule has 3 rings (SSSR count). The largest absolute Gasteiger partial charge is 0.478 e. The molecule has 2 heterocycles. The number of carboxylic acids is 1. The molecular formula is C20H19NO5S. The number of carboxylic acid groups (broad SMARTS) is 1. The molecule has 1 aliphatic rings. The van der Waals surface area contributed by atoms with Gasteiger partial charge in [0, 0.05) is 18.2 Å². The maximum absolute atomic E-state index is 12.4. The summed E-state index contributed by atoms with van der Waals surface area (Å²) >= 11 is 0.907. The number of furan rings is 1. The van der Waals surface area contributed by atoms with Gasteiger partial charge >= 0.3 is 5.97 Å². The number of benzene rings is 1. The van der Waals surface area contributed by atoms with Crippen LogP contribution in [0.25, 0.3) is 17.4 Å². The fourth-order valence-electron chi connectivity index (χ4n) is 2.73. The van der Waals surface area contributed by atoms with Crippen molar-refractivity contribution in [1.82, 2.24) is 4.90 Å². The molecule has 0 radical (unpaired) electrons. The van der Waals surface area contributed by atoms with Crippen LogP contribution in [-0.4, -0.2) is 33.7 Å². The van der Waals surface area contributed by atoms with Crippen molar-refractivity contribution in [3.05, 3.63) is 52.6 Å². The highest BCUT2D eigenvalue weighted by atomic mass is 32.2. The Labute approximate surface area is 160 Å². The van der Waals surface area contributed by atoms with Gasteiger partial charge in [-0.15, -0.1) is 0 Å². The first-order valence-corrected chi connectivity index (χ1v) is 9.50. The van der Waals surface area contributed by atoms with Crippen LogP contribution in [-0.2, 0) is 4.79 Å². The molecule has 1 saturated heterocycles. The molecule has 27 heavy (non-hydrogen) atoms. The first kappa shape index (κ1) is 19.0. The van der Waals surface area contributed by atoms with Gasteiger partial charge in [-0.25, -0.2) is 4.79 Å². The van der Waals surface area contributed by atoms with Crippen LogP contribution >= 0.6 is 11.8 Å². The van der Waals surface area contributed by atoms with Crippen LogP contribution in [0.5, 0.6) is 0 Å². The number of nitrogens with zero attached hydrogens (tertiary/aromatic N) is 1. The Kier molecular flexibility index (Phi) is 5.81. The third-order valence-electron chi connectivity index (χ3n) is 4.15. The van der Waals surface area contributed by atoms with E-state index in [2.05, 4.69) is 6.92 Å². The Bertz CT molecular complexity index is 915. The number of aromatic carboxylic acids is 1. The van der Waals surface area contributed by atoms with Gasteiger partial charge in [0.2, 0.25) is 0 Å². The van der Waals surface area contributed by atoms with E-state index in [1.54, 1.807) is 30.3 Å². The van der Waals surface area contributed by atoms with Crippen LogP contribution in [0.1, 0.15) is 42.3 Å². The quantitative estimate of drug-likeness (QED) is 0.540. The van der Waals surface area contributed by atoms with Crippen molar-refractivity contribution < 1.29 is 23.9 Å². The van der Waals surface area contributed by atoms with Gasteiger partial charge in [-0.1, -0.05) is 31.9 Å². The molecule has 0 bridgehead atoms. The van der Waals surface area contributed by atoms with Crippen molar-refractivity contribution in [1.29, 1.82) is 0 Å². The first-order chi connectivity index (χ1) is 13.0. The lowest BCUT2D eigenvalue weighted by Gasteiger charge is -2.11. The fourth-order valence-corrected chi connectivity index (χ4v) is 3.58. The summed E-state index contributed by atoms with van der Waals surface area (Å²) in [6.07, 6.45) is 4.34.